The van der Waals surface area contributed by atoms with Gasteiger partial charge >= 0.3 is 0 Å². The van der Waals surface area contributed by atoms with E-state index in [2.05, 4.69) is 44.9 Å². The van der Waals surface area contributed by atoms with Crippen LogP contribution in [-0.4, -0.2) is 40.5 Å². The van der Waals surface area contributed by atoms with E-state index in [1.807, 2.05) is 48.5 Å². The summed E-state index contributed by atoms with van der Waals surface area (Å²) in [6.07, 6.45) is 2.77. The smallest absolute Gasteiger partial charge is 0.255 e. The first-order valence-electron chi connectivity index (χ1n) is 11.6. The van der Waals surface area contributed by atoms with Crippen LogP contribution in [0.15, 0.2) is 79.0 Å². The van der Waals surface area contributed by atoms with E-state index < -0.39 is 0 Å². The molecule has 5 rings (SSSR count). The number of amides is 2. The molecule has 1 aliphatic rings. The lowest BCUT2D eigenvalue weighted by molar-refractivity contribution is 0.0950. The second-order valence-corrected chi connectivity index (χ2v) is 8.85. The molecular formula is C28H27N5O2. The number of aromatic nitrogens is 2. The predicted molar refractivity (Wildman–Crippen MR) is 136 cm³/mol. The summed E-state index contributed by atoms with van der Waals surface area (Å²) < 4.78 is 0. The Balaban J connectivity index is 1.22. The molecule has 7 heteroatoms. The third kappa shape index (κ3) is 5.31. The monoisotopic (exact) mass is 465 g/mol. The summed E-state index contributed by atoms with van der Waals surface area (Å²) in [6, 6.07) is 22.6. The van der Waals surface area contributed by atoms with Crippen LogP contribution in [-0.2, 0) is 19.5 Å². The fraction of sp³-hybridized carbons (Fsp3) is 0.179. The molecule has 0 radical (unpaired) electrons. The largest absolute Gasteiger partial charge is 0.348 e. The van der Waals surface area contributed by atoms with Crippen molar-refractivity contribution in [3.63, 3.8) is 0 Å². The number of carbonyl (C=O) groups excluding carboxylic acids is 2. The predicted octanol–water partition coefficient (Wildman–Crippen LogP) is 4.25. The fourth-order valence-electron chi connectivity index (χ4n) is 4.33. The van der Waals surface area contributed by atoms with Crippen LogP contribution in [0.3, 0.4) is 0 Å². The summed E-state index contributed by atoms with van der Waals surface area (Å²) >= 11 is 0. The highest BCUT2D eigenvalue weighted by Crippen LogP contribution is 2.22. The Hall–Kier alpha value is -4.23. The fourth-order valence-corrected chi connectivity index (χ4v) is 4.33. The topological polar surface area (TPSA) is 90.1 Å². The molecular weight excluding hydrogens is 438 g/mol. The molecule has 176 valence electrons. The molecule has 7 nitrogen and oxygen atoms in total. The lowest BCUT2D eigenvalue weighted by atomic mass is 9.99. The van der Waals surface area contributed by atoms with Crippen LogP contribution in [0, 0.1) is 0 Å². The van der Waals surface area contributed by atoms with Gasteiger partial charge in [-0.3, -0.25) is 14.7 Å². The molecule has 0 saturated heterocycles. The van der Waals surface area contributed by atoms with Crippen molar-refractivity contribution in [2.24, 2.45) is 0 Å². The molecule has 0 spiro atoms. The Kier molecular flexibility index (Phi) is 6.41. The number of fused-ring (bicyclic) bond motifs is 1. The highest BCUT2D eigenvalue weighted by molar-refractivity contribution is 6.04. The second kappa shape index (κ2) is 9.95. The Labute approximate surface area is 204 Å². The number of aromatic amines is 1. The molecule has 3 aromatic carbocycles. The molecule has 0 unspecified atom stereocenters. The van der Waals surface area contributed by atoms with Crippen LogP contribution in [0.25, 0.3) is 11.3 Å². The van der Waals surface area contributed by atoms with Crippen molar-refractivity contribution in [1.29, 1.82) is 0 Å². The molecule has 35 heavy (non-hydrogen) atoms. The molecule has 2 amide bonds. The molecule has 2 heterocycles. The zero-order chi connectivity index (χ0) is 24.2. The van der Waals surface area contributed by atoms with Crippen molar-refractivity contribution in [2.75, 3.05) is 18.9 Å². The van der Waals surface area contributed by atoms with Gasteiger partial charge in [-0.1, -0.05) is 30.3 Å². The Morgan fingerprint density at radius 3 is 2.60 bits per heavy atom. The van der Waals surface area contributed by atoms with Crippen LogP contribution < -0.4 is 10.6 Å². The summed E-state index contributed by atoms with van der Waals surface area (Å²) in [4.78, 5) is 27.9. The average molecular weight is 466 g/mol. The number of hydrogen-bond donors (Lipinski definition) is 3. The van der Waals surface area contributed by atoms with E-state index >= 15 is 0 Å². The molecule has 0 saturated carbocycles. The van der Waals surface area contributed by atoms with Crippen molar-refractivity contribution in [3.8, 4) is 11.3 Å². The summed E-state index contributed by atoms with van der Waals surface area (Å²) in [7, 11) is 2.11. The third-order valence-electron chi connectivity index (χ3n) is 6.23. The molecule has 1 aliphatic heterocycles. The maximum atomic E-state index is 12.9. The van der Waals surface area contributed by atoms with Gasteiger partial charge in [-0.15, -0.1) is 0 Å². The van der Waals surface area contributed by atoms with Crippen molar-refractivity contribution >= 4 is 17.5 Å². The van der Waals surface area contributed by atoms with E-state index in [9.17, 15) is 9.59 Å². The highest BCUT2D eigenvalue weighted by Gasteiger charge is 2.15. The molecule has 0 atom stereocenters. The normalized spacial score (nSPS) is 13.2. The Bertz CT molecular complexity index is 1360. The first kappa shape index (κ1) is 22.6. The van der Waals surface area contributed by atoms with E-state index in [0.717, 1.165) is 42.0 Å². The van der Waals surface area contributed by atoms with Gasteiger partial charge in [-0.05, 0) is 72.6 Å². The minimum Gasteiger partial charge on any atom is -0.348 e. The second-order valence-electron chi connectivity index (χ2n) is 8.85. The van der Waals surface area contributed by atoms with Crippen LogP contribution in [0.5, 0.6) is 0 Å². The minimum absolute atomic E-state index is 0.172. The van der Waals surface area contributed by atoms with Crippen molar-refractivity contribution in [2.45, 2.75) is 19.5 Å². The van der Waals surface area contributed by atoms with E-state index in [-0.39, 0.29) is 11.8 Å². The molecule has 4 aromatic rings. The Morgan fingerprint density at radius 2 is 1.77 bits per heavy atom. The summed E-state index contributed by atoms with van der Waals surface area (Å²) in [5, 5.41) is 12.9. The van der Waals surface area contributed by atoms with Crippen LogP contribution in [0.4, 0.5) is 5.69 Å². The van der Waals surface area contributed by atoms with Crippen molar-refractivity contribution in [3.05, 3.63) is 107 Å². The maximum absolute atomic E-state index is 12.9. The lowest BCUT2D eigenvalue weighted by Gasteiger charge is -2.25. The van der Waals surface area contributed by atoms with E-state index in [1.165, 1.54) is 11.1 Å². The minimum atomic E-state index is -0.184. The number of benzene rings is 3. The quantitative estimate of drug-likeness (QED) is 0.397. The summed E-state index contributed by atoms with van der Waals surface area (Å²) in [5.41, 5.74) is 6.99. The molecule has 0 fully saturated rings. The van der Waals surface area contributed by atoms with E-state index in [1.54, 1.807) is 18.3 Å². The van der Waals surface area contributed by atoms with Gasteiger partial charge in [0.25, 0.3) is 11.8 Å². The van der Waals surface area contributed by atoms with Gasteiger partial charge < -0.3 is 15.5 Å². The maximum Gasteiger partial charge on any atom is 0.255 e. The van der Waals surface area contributed by atoms with Gasteiger partial charge in [0.1, 0.15) is 0 Å². The van der Waals surface area contributed by atoms with Gasteiger partial charge in [0.2, 0.25) is 0 Å². The first-order valence-corrected chi connectivity index (χ1v) is 11.6. The van der Waals surface area contributed by atoms with Crippen LogP contribution in [0.2, 0.25) is 0 Å². The number of H-pyrrole nitrogens is 1. The molecule has 0 bridgehead atoms. The first-order chi connectivity index (χ1) is 17.0. The van der Waals surface area contributed by atoms with Gasteiger partial charge in [0, 0.05) is 48.2 Å². The van der Waals surface area contributed by atoms with Crippen LogP contribution >= 0.6 is 0 Å². The molecule has 1 aromatic heterocycles. The van der Waals surface area contributed by atoms with E-state index in [0.29, 0.717) is 17.7 Å². The zero-order valence-corrected chi connectivity index (χ0v) is 19.5. The zero-order valence-electron chi connectivity index (χ0n) is 19.5. The molecule has 0 aliphatic carbocycles. The number of rotatable bonds is 6. The lowest BCUT2D eigenvalue weighted by Crippen LogP contribution is -2.26. The highest BCUT2D eigenvalue weighted by atomic mass is 16.2. The van der Waals surface area contributed by atoms with E-state index in [4.69, 9.17) is 0 Å². The average Bonchev–Trinajstić information content (AvgIpc) is 3.42. The number of nitrogens with one attached hydrogen (secondary N) is 3. The number of anilines is 1. The van der Waals surface area contributed by atoms with Crippen molar-refractivity contribution < 1.29 is 9.59 Å². The standard InChI is InChI=1S/C28H27N5O2/c1-33-13-11-20-8-9-25(16-24(20)18-33)31-28(35)22-6-2-4-19(14-22)17-29-27(34)23-7-3-5-21(15-23)26-10-12-30-32-26/h2-10,12,14-16H,11,13,17-18H2,1H3,(H,29,34)(H,30,32)(H,31,35). The summed E-state index contributed by atoms with van der Waals surface area (Å²) in [6.45, 7) is 2.26. The number of carbonyl (C=O) groups is 2. The van der Waals surface area contributed by atoms with Crippen molar-refractivity contribution in [1.82, 2.24) is 20.4 Å². The number of likely N-dealkylation sites (N-methyl/N-ethyl adjacent to an activating group) is 1. The van der Waals surface area contributed by atoms with Gasteiger partial charge in [0.05, 0.1) is 5.69 Å². The van der Waals surface area contributed by atoms with Gasteiger partial charge in [-0.2, -0.15) is 5.10 Å². The summed E-state index contributed by atoms with van der Waals surface area (Å²) in [5.74, 6) is -0.356. The molecule has 3 N–H and O–H groups in total. The van der Waals surface area contributed by atoms with Gasteiger partial charge in [-0.25, -0.2) is 0 Å². The third-order valence-corrected chi connectivity index (χ3v) is 6.23. The number of nitrogens with zero attached hydrogens (tertiary/aromatic N) is 2. The van der Waals surface area contributed by atoms with Gasteiger partial charge in [0.15, 0.2) is 0 Å². The SMILES string of the molecule is CN1CCc2ccc(NC(=O)c3cccc(CNC(=O)c4cccc(-c5cc[nH]n5)c4)c3)cc2C1. The Morgan fingerprint density at radius 1 is 0.943 bits per heavy atom. The van der Waals surface area contributed by atoms with Crippen LogP contribution in [0.1, 0.15) is 37.4 Å². The number of hydrogen-bond acceptors (Lipinski definition) is 4.